The van der Waals surface area contributed by atoms with Gasteiger partial charge in [-0.1, -0.05) is 42.9 Å². The molecule has 0 saturated carbocycles. The highest BCUT2D eigenvalue weighted by atomic mass is 127. The molecule has 0 fully saturated rings. The van der Waals surface area contributed by atoms with E-state index < -0.39 is 0 Å². The first-order valence-electron chi connectivity index (χ1n) is 4.63. The van der Waals surface area contributed by atoms with Gasteiger partial charge in [0.05, 0.1) is 0 Å². The smallest absolute Gasteiger partial charge is 0.0123 e. The van der Waals surface area contributed by atoms with Gasteiger partial charge >= 0.3 is 0 Å². The van der Waals surface area contributed by atoms with Crippen molar-refractivity contribution in [3.8, 4) is 0 Å². The second-order valence-corrected chi connectivity index (χ2v) is 3.96. The van der Waals surface area contributed by atoms with Crippen LogP contribution in [0.25, 0.3) is 0 Å². The van der Waals surface area contributed by atoms with Gasteiger partial charge < -0.3 is 4.90 Å². The van der Waals surface area contributed by atoms with E-state index in [0.29, 0.717) is 0 Å². The Labute approximate surface area is 84.7 Å². The number of rotatable bonds is 7. The van der Waals surface area contributed by atoms with Crippen LogP contribution in [0.1, 0.15) is 33.1 Å². The van der Waals surface area contributed by atoms with Crippen LogP contribution in [0.2, 0.25) is 0 Å². The maximum absolute atomic E-state index is 2.57. The zero-order chi connectivity index (χ0) is 8.53. The van der Waals surface area contributed by atoms with E-state index in [4.69, 9.17) is 0 Å². The first kappa shape index (κ1) is 11.7. The van der Waals surface area contributed by atoms with Gasteiger partial charge in [0, 0.05) is 11.0 Å². The number of hydrogen-bond donors (Lipinski definition) is 0. The molecule has 68 valence electrons. The normalized spacial score (nSPS) is 10.9. The number of unbranched alkanes of at least 4 members (excludes halogenated alkanes) is 1. The average Bonchev–Trinajstić information content (AvgIpc) is 2.01. The number of nitrogens with zero attached hydrogens (tertiary/aromatic N) is 1. The lowest BCUT2D eigenvalue weighted by atomic mass is 10.3. The molecule has 2 heteroatoms. The fraction of sp³-hybridized carbons (Fsp3) is 1.00. The van der Waals surface area contributed by atoms with Crippen molar-refractivity contribution in [2.75, 3.05) is 24.1 Å². The van der Waals surface area contributed by atoms with Gasteiger partial charge in [0.1, 0.15) is 0 Å². The largest absolute Gasteiger partial charge is 0.303 e. The lowest BCUT2D eigenvalue weighted by molar-refractivity contribution is 0.288. The van der Waals surface area contributed by atoms with E-state index in [1.165, 1.54) is 43.3 Å². The van der Waals surface area contributed by atoms with Gasteiger partial charge in [-0.25, -0.2) is 0 Å². The quantitative estimate of drug-likeness (QED) is 0.507. The maximum atomic E-state index is 2.57. The Kier molecular flexibility index (Phi) is 9.33. The zero-order valence-corrected chi connectivity index (χ0v) is 9.93. The highest BCUT2D eigenvalue weighted by Gasteiger charge is 2.00. The fourth-order valence-electron chi connectivity index (χ4n) is 1.15. The van der Waals surface area contributed by atoms with Crippen molar-refractivity contribution in [3.63, 3.8) is 0 Å². The number of hydrogen-bond acceptors (Lipinski definition) is 1. The minimum atomic E-state index is 1.27. The Balaban J connectivity index is 3.34. The first-order valence-corrected chi connectivity index (χ1v) is 6.16. The van der Waals surface area contributed by atoms with Gasteiger partial charge in [0.25, 0.3) is 0 Å². The highest BCUT2D eigenvalue weighted by Crippen LogP contribution is 1.97. The van der Waals surface area contributed by atoms with Crippen LogP contribution < -0.4 is 0 Å². The summed E-state index contributed by atoms with van der Waals surface area (Å²) in [5.41, 5.74) is 0. The van der Waals surface area contributed by atoms with Gasteiger partial charge in [-0.3, -0.25) is 0 Å². The van der Waals surface area contributed by atoms with E-state index >= 15 is 0 Å². The summed E-state index contributed by atoms with van der Waals surface area (Å²) in [5, 5.41) is 0. The second kappa shape index (κ2) is 8.78. The van der Waals surface area contributed by atoms with Crippen LogP contribution in [-0.2, 0) is 0 Å². The molecule has 0 aliphatic heterocycles. The Morgan fingerprint density at radius 3 is 2.18 bits per heavy atom. The molecule has 1 nitrogen and oxygen atoms in total. The zero-order valence-electron chi connectivity index (χ0n) is 7.77. The summed E-state index contributed by atoms with van der Waals surface area (Å²) < 4.78 is 1.27. The molecule has 0 N–H and O–H groups in total. The van der Waals surface area contributed by atoms with Crippen molar-refractivity contribution in [3.05, 3.63) is 0 Å². The van der Waals surface area contributed by atoms with Crippen molar-refractivity contribution in [2.45, 2.75) is 33.1 Å². The van der Waals surface area contributed by atoms with Crippen molar-refractivity contribution in [1.82, 2.24) is 4.90 Å². The Morgan fingerprint density at radius 1 is 1.00 bits per heavy atom. The Hall–Kier alpha value is 0.690. The van der Waals surface area contributed by atoms with Crippen LogP contribution in [0.4, 0.5) is 0 Å². The highest BCUT2D eigenvalue weighted by molar-refractivity contribution is 14.1. The molecule has 0 radical (unpaired) electrons. The number of halogens is 1. The fourth-order valence-corrected chi connectivity index (χ4v) is 1.84. The molecule has 0 aliphatic rings. The lowest BCUT2D eigenvalue weighted by Crippen LogP contribution is -2.27. The molecule has 11 heavy (non-hydrogen) atoms. The molecule has 0 aliphatic carbocycles. The topological polar surface area (TPSA) is 3.24 Å². The molecule has 0 unspecified atom stereocenters. The third-order valence-electron chi connectivity index (χ3n) is 1.77. The molecular formula is C9H20IN. The molecule has 0 atom stereocenters. The SMILES string of the molecule is CCCCN(CCC)CCI. The molecule has 0 aromatic carbocycles. The number of alkyl halides is 1. The van der Waals surface area contributed by atoms with Gasteiger partial charge in [0.2, 0.25) is 0 Å². The van der Waals surface area contributed by atoms with E-state index in [1.807, 2.05) is 0 Å². The van der Waals surface area contributed by atoms with Crippen molar-refractivity contribution >= 4 is 22.6 Å². The van der Waals surface area contributed by atoms with E-state index in [2.05, 4.69) is 41.3 Å². The predicted octanol–water partition coefficient (Wildman–Crippen LogP) is 2.93. The first-order chi connectivity index (χ1) is 5.35. The summed E-state index contributed by atoms with van der Waals surface area (Å²) in [5.74, 6) is 0. The van der Waals surface area contributed by atoms with Crippen molar-refractivity contribution in [1.29, 1.82) is 0 Å². The van der Waals surface area contributed by atoms with Crippen LogP contribution >= 0.6 is 22.6 Å². The van der Waals surface area contributed by atoms with Gasteiger partial charge in [-0.2, -0.15) is 0 Å². The molecule has 0 bridgehead atoms. The van der Waals surface area contributed by atoms with Gasteiger partial charge in [-0.05, 0) is 25.9 Å². The van der Waals surface area contributed by atoms with Crippen LogP contribution in [0, 0.1) is 0 Å². The summed E-state index contributed by atoms with van der Waals surface area (Å²) in [6, 6.07) is 0. The standard InChI is InChI=1S/C9H20IN/c1-3-5-8-11(7-4-2)9-6-10/h3-9H2,1-2H3. The third kappa shape index (κ3) is 7.06. The van der Waals surface area contributed by atoms with E-state index in [0.717, 1.165) is 0 Å². The molecule has 0 aromatic heterocycles. The monoisotopic (exact) mass is 269 g/mol. The van der Waals surface area contributed by atoms with Crippen molar-refractivity contribution < 1.29 is 0 Å². The van der Waals surface area contributed by atoms with E-state index in [9.17, 15) is 0 Å². The molecule has 0 saturated heterocycles. The lowest BCUT2D eigenvalue weighted by Gasteiger charge is -2.19. The molecule has 0 spiro atoms. The van der Waals surface area contributed by atoms with Crippen LogP contribution in [-0.4, -0.2) is 29.0 Å². The molecular weight excluding hydrogens is 249 g/mol. The Morgan fingerprint density at radius 2 is 1.73 bits per heavy atom. The average molecular weight is 269 g/mol. The summed E-state index contributed by atoms with van der Waals surface area (Å²) in [7, 11) is 0. The second-order valence-electron chi connectivity index (χ2n) is 2.88. The minimum absolute atomic E-state index is 1.27. The summed E-state index contributed by atoms with van der Waals surface area (Å²) in [6.07, 6.45) is 3.97. The van der Waals surface area contributed by atoms with Gasteiger partial charge in [0.15, 0.2) is 0 Å². The van der Waals surface area contributed by atoms with Crippen LogP contribution in [0.15, 0.2) is 0 Å². The van der Waals surface area contributed by atoms with Crippen LogP contribution in [0.5, 0.6) is 0 Å². The summed E-state index contributed by atoms with van der Waals surface area (Å²) >= 11 is 2.45. The van der Waals surface area contributed by atoms with Gasteiger partial charge in [-0.15, -0.1) is 0 Å². The third-order valence-corrected chi connectivity index (χ3v) is 2.25. The molecule has 0 amide bonds. The molecule has 0 rings (SSSR count). The summed E-state index contributed by atoms with van der Waals surface area (Å²) in [4.78, 5) is 2.57. The minimum Gasteiger partial charge on any atom is -0.303 e. The van der Waals surface area contributed by atoms with Crippen LogP contribution in [0.3, 0.4) is 0 Å². The van der Waals surface area contributed by atoms with E-state index in [-0.39, 0.29) is 0 Å². The van der Waals surface area contributed by atoms with E-state index in [1.54, 1.807) is 0 Å². The predicted molar refractivity (Wildman–Crippen MR) is 60.5 cm³/mol. The molecule has 0 aromatic rings. The molecule has 0 heterocycles. The Bertz CT molecular complexity index is 70.0. The summed E-state index contributed by atoms with van der Waals surface area (Å²) in [6.45, 7) is 8.37. The van der Waals surface area contributed by atoms with Crippen molar-refractivity contribution in [2.24, 2.45) is 0 Å². The maximum Gasteiger partial charge on any atom is 0.0123 e.